The van der Waals surface area contributed by atoms with Crippen LogP contribution in [0.3, 0.4) is 0 Å². The Morgan fingerprint density at radius 1 is 0.646 bits per heavy atom. The third-order valence-corrected chi connectivity index (χ3v) is 9.10. The number of carbonyl (C=O) groups is 2. The number of hydrogen-bond donors (Lipinski definition) is 2. The highest BCUT2D eigenvalue weighted by Gasteiger charge is 2.31. The number of carbonyl (C=O) groups excluding carboxylic acids is 2. The number of fused-ring (bicyclic) bond motifs is 2. The molecule has 2 aromatic heterocycles. The van der Waals surface area contributed by atoms with Crippen LogP contribution in [-0.2, 0) is 20.4 Å². The van der Waals surface area contributed by atoms with Crippen LogP contribution in [-0.4, -0.2) is 30.9 Å². The summed E-state index contributed by atoms with van der Waals surface area (Å²) in [5, 5.41) is 6.72. The van der Waals surface area contributed by atoms with E-state index in [9.17, 15) is 19.2 Å². The summed E-state index contributed by atoms with van der Waals surface area (Å²) in [4.78, 5) is 60.5. The SMILES string of the molecule is C=C1CC[C@@H](n2c(C)nc3cccc(C(C)(C)C)c3c2=O)C(=O)N1.C=C1CC[C@H](n2c(C)nc3cccc(C(C)(C)C)c3c2=O)C(=O)N1. The minimum absolute atomic E-state index is 0.143. The highest BCUT2D eigenvalue weighted by atomic mass is 16.2. The van der Waals surface area contributed by atoms with E-state index in [-0.39, 0.29) is 33.8 Å². The van der Waals surface area contributed by atoms with Gasteiger partial charge < -0.3 is 10.6 Å². The van der Waals surface area contributed by atoms with Gasteiger partial charge in [-0.3, -0.25) is 28.3 Å². The number of benzene rings is 2. The standard InChI is InChI=1S/2C19H23N3O2/c2*1-11-9-10-15(17(23)20-11)22-12(2)21-14-8-6-7-13(19(3,4)5)16(14)18(22)24/h2*6-8,15H,1,9-10H2,2-5H3,(H,20,23)/t2*15-/m10/s1. The van der Waals surface area contributed by atoms with Crippen molar-refractivity contribution in [2.45, 2.75) is 104 Å². The number of amides is 2. The smallest absolute Gasteiger partial charge is 0.262 e. The van der Waals surface area contributed by atoms with Crippen LogP contribution in [0.4, 0.5) is 0 Å². The summed E-state index contributed by atoms with van der Waals surface area (Å²) in [6.45, 7) is 23.6. The molecule has 48 heavy (non-hydrogen) atoms. The van der Waals surface area contributed by atoms with Crippen molar-refractivity contribution in [1.82, 2.24) is 29.7 Å². The largest absolute Gasteiger partial charge is 0.329 e. The fourth-order valence-corrected chi connectivity index (χ4v) is 6.71. The Morgan fingerprint density at radius 3 is 1.31 bits per heavy atom. The Labute approximate surface area is 281 Å². The maximum absolute atomic E-state index is 13.3. The molecule has 0 bridgehead atoms. The maximum atomic E-state index is 13.3. The first-order valence-corrected chi connectivity index (χ1v) is 16.4. The molecule has 2 aliphatic rings. The molecule has 2 saturated heterocycles. The molecule has 0 spiro atoms. The molecule has 10 nitrogen and oxygen atoms in total. The van der Waals surface area contributed by atoms with Crippen LogP contribution in [0, 0.1) is 13.8 Å². The number of rotatable bonds is 2. The maximum Gasteiger partial charge on any atom is 0.262 e. The lowest BCUT2D eigenvalue weighted by molar-refractivity contribution is -0.125. The third kappa shape index (κ3) is 6.48. The van der Waals surface area contributed by atoms with E-state index < -0.39 is 12.1 Å². The first kappa shape index (κ1) is 34.5. The lowest BCUT2D eigenvalue weighted by atomic mass is 9.84. The third-order valence-electron chi connectivity index (χ3n) is 9.10. The summed E-state index contributed by atoms with van der Waals surface area (Å²) < 4.78 is 3.08. The highest BCUT2D eigenvalue weighted by molar-refractivity contribution is 5.86. The van der Waals surface area contributed by atoms with E-state index in [1.165, 1.54) is 0 Å². The molecule has 4 heterocycles. The Bertz CT molecular complexity index is 1960. The van der Waals surface area contributed by atoms with Gasteiger partial charge >= 0.3 is 0 Å². The molecule has 2 atom stereocenters. The number of aryl methyl sites for hydroxylation is 2. The number of allylic oxidation sites excluding steroid dienone is 2. The minimum atomic E-state index is -0.534. The quantitative estimate of drug-likeness (QED) is 0.277. The molecule has 0 saturated carbocycles. The number of nitrogens with one attached hydrogen (secondary N) is 2. The predicted octanol–water partition coefficient (Wildman–Crippen LogP) is 5.93. The van der Waals surface area contributed by atoms with Gasteiger partial charge in [-0.25, -0.2) is 9.97 Å². The van der Waals surface area contributed by atoms with E-state index in [0.29, 0.717) is 70.5 Å². The van der Waals surface area contributed by atoms with Gasteiger partial charge in [0.15, 0.2) is 0 Å². The van der Waals surface area contributed by atoms with Crippen LogP contribution < -0.4 is 21.8 Å². The van der Waals surface area contributed by atoms with Gasteiger partial charge in [0.25, 0.3) is 11.1 Å². The van der Waals surface area contributed by atoms with Crippen molar-refractivity contribution in [1.29, 1.82) is 0 Å². The van der Waals surface area contributed by atoms with Crippen molar-refractivity contribution in [2.75, 3.05) is 0 Å². The van der Waals surface area contributed by atoms with Gasteiger partial charge in [0, 0.05) is 11.4 Å². The predicted molar refractivity (Wildman–Crippen MR) is 190 cm³/mol. The second kappa shape index (κ2) is 12.6. The van der Waals surface area contributed by atoms with Crippen LogP contribution in [0.15, 0.2) is 70.5 Å². The Kier molecular flexibility index (Phi) is 9.07. The first-order chi connectivity index (χ1) is 22.4. The van der Waals surface area contributed by atoms with Gasteiger partial charge in [-0.1, -0.05) is 79.0 Å². The summed E-state index contributed by atoms with van der Waals surface area (Å²) in [7, 11) is 0. The van der Waals surface area contributed by atoms with Crippen molar-refractivity contribution in [3.05, 3.63) is 104 Å². The molecule has 0 unspecified atom stereocenters. The fraction of sp³-hybridized carbons (Fsp3) is 0.421. The van der Waals surface area contributed by atoms with E-state index in [0.717, 1.165) is 11.1 Å². The van der Waals surface area contributed by atoms with Gasteiger partial charge in [0.2, 0.25) is 11.8 Å². The normalized spacial score (nSPS) is 18.8. The van der Waals surface area contributed by atoms with Crippen LogP contribution in [0.1, 0.15) is 102 Å². The average Bonchev–Trinajstić information content (AvgIpc) is 2.98. The second-order valence-corrected chi connectivity index (χ2v) is 14.9. The number of piperidine rings is 2. The molecule has 2 amide bonds. The second-order valence-electron chi connectivity index (χ2n) is 14.9. The van der Waals surface area contributed by atoms with Crippen LogP contribution in [0.25, 0.3) is 21.8 Å². The lowest BCUT2D eigenvalue weighted by Crippen LogP contribution is -2.41. The summed E-state index contributed by atoms with van der Waals surface area (Å²) >= 11 is 0. The van der Waals surface area contributed by atoms with Crippen molar-refractivity contribution < 1.29 is 9.59 Å². The number of nitrogens with zero attached hydrogens (tertiary/aromatic N) is 4. The van der Waals surface area contributed by atoms with E-state index in [2.05, 4.69) is 75.3 Å². The van der Waals surface area contributed by atoms with Gasteiger partial charge in [0.05, 0.1) is 21.8 Å². The zero-order chi connectivity index (χ0) is 35.3. The molecule has 0 aliphatic carbocycles. The van der Waals surface area contributed by atoms with Crippen molar-refractivity contribution in [2.24, 2.45) is 0 Å². The Hall–Kier alpha value is -4.86. The summed E-state index contributed by atoms with van der Waals surface area (Å²) in [5.41, 5.74) is 4.01. The highest BCUT2D eigenvalue weighted by Crippen LogP contribution is 2.30. The molecule has 0 radical (unpaired) electrons. The molecule has 2 fully saturated rings. The zero-order valence-corrected chi connectivity index (χ0v) is 29.3. The molecule has 2 aliphatic heterocycles. The fourth-order valence-electron chi connectivity index (χ4n) is 6.71. The molecule has 10 heteroatoms. The topological polar surface area (TPSA) is 128 Å². The van der Waals surface area contributed by atoms with Gasteiger partial charge in [0.1, 0.15) is 23.7 Å². The van der Waals surface area contributed by atoms with Crippen molar-refractivity contribution in [3.63, 3.8) is 0 Å². The average molecular weight is 651 g/mol. The van der Waals surface area contributed by atoms with Crippen LogP contribution >= 0.6 is 0 Å². The molecule has 252 valence electrons. The van der Waals surface area contributed by atoms with E-state index in [4.69, 9.17) is 0 Å². The first-order valence-electron chi connectivity index (χ1n) is 16.4. The van der Waals surface area contributed by atoms with Gasteiger partial charge in [-0.05, 0) is 73.6 Å². The molecule has 2 aromatic carbocycles. The van der Waals surface area contributed by atoms with Gasteiger partial charge in [-0.2, -0.15) is 0 Å². The Balaban J connectivity index is 0.000000188. The summed E-state index contributed by atoms with van der Waals surface area (Å²) in [5.74, 6) is 0.745. The monoisotopic (exact) mass is 650 g/mol. The van der Waals surface area contributed by atoms with Crippen LogP contribution in [0.2, 0.25) is 0 Å². The van der Waals surface area contributed by atoms with Crippen molar-refractivity contribution in [3.8, 4) is 0 Å². The van der Waals surface area contributed by atoms with Crippen molar-refractivity contribution >= 4 is 33.6 Å². The number of hydrogen-bond acceptors (Lipinski definition) is 6. The van der Waals surface area contributed by atoms with E-state index in [1.54, 1.807) is 23.0 Å². The zero-order valence-electron chi connectivity index (χ0n) is 29.3. The summed E-state index contributed by atoms with van der Waals surface area (Å²) in [6, 6.07) is 10.4. The lowest BCUT2D eigenvalue weighted by Gasteiger charge is -2.27. The summed E-state index contributed by atoms with van der Waals surface area (Å²) in [6.07, 6.45) is 2.47. The molecule has 6 rings (SSSR count). The van der Waals surface area contributed by atoms with E-state index >= 15 is 0 Å². The molecule has 2 N–H and O–H groups in total. The molecule has 4 aromatic rings. The van der Waals surface area contributed by atoms with E-state index in [1.807, 2.05) is 36.4 Å². The van der Waals surface area contributed by atoms with Gasteiger partial charge in [-0.15, -0.1) is 0 Å². The minimum Gasteiger partial charge on any atom is -0.329 e. The Morgan fingerprint density at radius 2 is 1.00 bits per heavy atom. The molecular weight excluding hydrogens is 604 g/mol. The van der Waals surface area contributed by atoms with Crippen LogP contribution in [0.5, 0.6) is 0 Å². The number of aromatic nitrogens is 4. The molecular formula is C38H46N6O4.